The highest BCUT2D eigenvalue weighted by atomic mass is 16.2. The summed E-state index contributed by atoms with van der Waals surface area (Å²) in [5, 5.41) is 10.2. The van der Waals surface area contributed by atoms with Crippen LogP contribution in [0.25, 0.3) is 5.69 Å². The van der Waals surface area contributed by atoms with Crippen molar-refractivity contribution in [3.05, 3.63) is 42.5 Å². The molecule has 0 aliphatic carbocycles. The van der Waals surface area contributed by atoms with Crippen LogP contribution in [0.1, 0.15) is 18.4 Å². The van der Waals surface area contributed by atoms with Gasteiger partial charge in [-0.25, -0.2) is 9.67 Å². The zero-order valence-corrected chi connectivity index (χ0v) is 11.1. The number of amides is 1. The number of rotatable bonds is 4. The Morgan fingerprint density at radius 3 is 2.90 bits per heavy atom. The number of carbonyl (C=O) groups is 1. The Kier molecular flexibility index (Phi) is 3.73. The van der Waals surface area contributed by atoms with Gasteiger partial charge in [-0.3, -0.25) is 4.79 Å². The maximum atomic E-state index is 11.9. The van der Waals surface area contributed by atoms with Gasteiger partial charge in [-0.15, -0.1) is 0 Å². The minimum Gasteiger partial charge on any atom is -0.351 e. The van der Waals surface area contributed by atoms with Crippen LogP contribution in [0.5, 0.6) is 0 Å². The van der Waals surface area contributed by atoms with Crippen LogP contribution in [0.15, 0.2) is 36.9 Å². The van der Waals surface area contributed by atoms with E-state index in [2.05, 4.69) is 20.7 Å². The van der Waals surface area contributed by atoms with Gasteiger partial charge in [0.15, 0.2) is 0 Å². The molecular formula is C14H17N5O. The number of nitrogens with zero attached hydrogens (tertiary/aromatic N) is 3. The number of benzene rings is 1. The molecule has 0 bridgehead atoms. The smallest absolute Gasteiger partial charge is 0.237 e. The standard InChI is InChI=1S/C14H17N5O/c20-14(13-2-1-7-16-13)17-8-11-3-5-12(6-4-11)19-10-15-9-18-19/h3-6,9-10,13,16H,1-2,7-8H2,(H,17,20). The van der Waals surface area contributed by atoms with E-state index in [0.29, 0.717) is 6.54 Å². The Morgan fingerprint density at radius 2 is 2.25 bits per heavy atom. The van der Waals surface area contributed by atoms with Crippen LogP contribution in [0.2, 0.25) is 0 Å². The monoisotopic (exact) mass is 271 g/mol. The van der Waals surface area contributed by atoms with Gasteiger partial charge in [0.1, 0.15) is 12.7 Å². The van der Waals surface area contributed by atoms with E-state index in [0.717, 1.165) is 30.6 Å². The van der Waals surface area contributed by atoms with Crippen molar-refractivity contribution in [3.8, 4) is 5.69 Å². The van der Waals surface area contributed by atoms with Crippen molar-refractivity contribution < 1.29 is 4.79 Å². The summed E-state index contributed by atoms with van der Waals surface area (Å²) in [6, 6.07) is 7.87. The highest BCUT2D eigenvalue weighted by molar-refractivity contribution is 5.81. The van der Waals surface area contributed by atoms with Gasteiger partial charge in [0, 0.05) is 6.54 Å². The molecule has 1 atom stereocenters. The molecular weight excluding hydrogens is 254 g/mol. The predicted octanol–water partition coefficient (Wildman–Crippen LogP) is 0.635. The second-order valence-corrected chi connectivity index (χ2v) is 4.87. The number of aromatic nitrogens is 3. The summed E-state index contributed by atoms with van der Waals surface area (Å²) in [5.41, 5.74) is 2.02. The Balaban J connectivity index is 1.57. The van der Waals surface area contributed by atoms with E-state index >= 15 is 0 Å². The second kappa shape index (κ2) is 5.83. The fraction of sp³-hybridized carbons (Fsp3) is 0.357. The molecule has 2 heterocycles. The Labute approximate surface area is 117 Å². The topological polar surface area (TPSA) is 71.8 Å². The maximum absolute atomic E-state index is 11.9. The van der Waals surface area contributed by atoms with Gasteiger partial charge in [-0.1, -0.05) is 12.1 Å². The lowest BCUT2D eigenvalue weighted by molar-refractivity contribution is -0.122. The van der Waals surface area contributed by atoms with Crippen LogP contribution in [0.3, 0.4) is 0 Å². The average Bonchev–Trinajstić information content (AvgIpc) is 3.18. The van der Waals surface area contributed by atoms with Crippen LogP contribution in [0, 0.1) is 0 Å². The fourth-order valence-electron chi connectivity index (χ4n) is 2.33. The van der Waals surface area contributed by atoms with E-state index in [1.165, 1.54) is 6.33 Å². The van der Waals surface area contributed by atoms with Gasteiger partial charge >= 0.3 is 0 Å². The first-order valence-corrected chi connectivity index (χ1v) is 6.78. The maximum Gasteiger partial charge on any atom is 0.237 e. The summed E-state index contributed by atoms with van der Waals surface area (Å²) in [6.45, 7) is 1.49. The summed E-state index contributed by atoms with van der Waals surface area (Å²) < 4.78 is 1.70. The lowest BCUT2D eigenvalue weighted by atomic mass is 10.2. The molecule has 1 aromatic carbocycles. The molecule has 1 fully saturated rings. The first-order valence-electron chi connectivity index (χ1n) is 6.78. The van der Waals surface area contributed by atoms with Crippen molar-refractivity contribution in [1.29, 1.82) is 0 Å². The first kappa shape index (κ1) is 12.8. The number of nitrogens with one attached hydrogen (secondary N) is 2. The minimum absolute atomic E-state index is 0.0237. The van der Waals surface area contributed by atoms with E-state index in [4.69, 9.17) is 0 Å². The second-order valence-electron chi connectivity index (χ2n) is 4.87. The van der Waals surface area contributed by atoms with Crippen LogP contribution >= 0.6 is 0 Å². The summed E-state index contributed by atoms with van der Waals surface area (Å²) >= 11 is 0. The van der Waals surface area contributed by atoms with Crippen molar-refractivity contribution in [1.82, 2.24) is 25.4 Å². The van der Waals surface area contributed by atoms with E-state index < -0.39 is 0 Å². The Morgan fingerprint density at radius 1 is 1.40 bits per heavy atom. The normalized spacial score (nSPS) is 18.1. The van der Waals surface area contributed by atoms with Gasteiger partial charge in [-0.2, -0.15) is 5.10 Å². The number of hydrogen-bond donors (Lipinski definition) is 2. The van der Waals surface area contributed by atoms with Crippen LogP contribution in [-0.2, 0) is 11.3 Å². The molecule has 1 amide bonds. The van der Waals surface area contributed by atoms with Crippen molar-refractivity contribution in [2.75, 3.05) is 6.54 Å². The zero-order valence-electron chi connectivity index (χ0n) is 11.1. The Hall–Kier alpha value is -2.21. The minimum atomic E-state index is -0.0237. The largest absolute Gasteiger partial charge is 0.351 e. The molecule has 1 aromatic heterocycles. The van der Waals surface area contributed by atoms with Crippen molar-refractivity contribution in [2.24, 2.45) is 0 Å². The molecule has 0 radical (unpaired) electrons. The molecule has 1 saturated heterocycles. The third kappa shape index (κ3) is 2.85. The van der Waals surface area contributed by atoms with Crippen molar-refractivity contribution in [3.63, 3.8) is 0 Å². The average molecular weight is 271 g/mol. The summed E-state index contributed by atoms with van der Waals surface area (Å²) in [7, 11) is 0. The van der Waals surface area contributed by atoms with Gasteiger partial charge in [0.25, 0.3) is 0 Å². The van der Waals surface area contributed by atoms with Gasteiger partial charge in [0.05, 0.1) is 11.7 Å². The Bertz CT molecular complexity index is 558. The molecule has 20 heavy (non-hydrogen) atoms. The van der Waals surface area contributed by atoms with Crippen LogP contribution in [0.4, 0.5) is 0 Å². The van der Waals surface area contributed by atoms with Gasteiger partial charge in [0.2, 0.25) is 5.91 Å². The SMILES string of the molecule is O=C(NCc1ccc(-n2cncn2)cc1)C1CCCN1. The first-order chi connectivity index (χ1) is 9.83. The molecule has 1 aliphatic heterocycles. The van der Waals surface area contributed by atoms with Crippen molar-refractivity contribution in [2.45, 2.75) is 25.4 Å². The molecule has 104 valence electrons. The number of carbonyl (C=O) groups excluding carboxylic acids is 1. The summed E-state index contributed by atoms with van der Waals surface area (Å²) in [4.78, 5) is 15.8. The molecule has 1 unspecified atom stereocenters. The highest BCUT2D eigenvalue weighted by Crippen LogP contribution is 2.09. The van der Waals surface area contributed by atoms with Crippen molar-refractivity contribution >= 4 is 5.91 Å². The molecule has 2 N–H and O–H groups in total. The molecule has 0 spiro atoms. The van der Waals surface area contributed by atoms with E-state index in [1.807, 2.05) is 24.3 Å². The molecule has 3 rings (SSSR count). The predicted molar refractivity (Wildman–Crippen MR) is 74.2 cm³/mol. The fourth-order valence-corrected chi connectivity index (χ4v) is 2.33. The van der Waals surface area contributed by atoms with Gasteiger partial charge < -0.3 is 10.6 Å². The van der Waals surface area contributed by atoms with Crippen LogP contribution < -0.4 is 10.6 Å². The summed E-state index contributed by atoms with van der Waals surface area (Å²) in [5.74, 6) is 0.0860. The van der Waals surface area contributed by atoms with E-state index in [9.17, 15) is 4.79 Å². The molecule has 6 heteroatoms. The van der Waals surface area contributed by atoms with Gasteiger partial charge in [-0.05, 0) is 37.1 Å². The summed E-state index contributed by atoms with van der Waals surface area (Å²) in [6.07, 6.45) is 5.16. The molecule has 1 aliphatic rings. The number of hydrogen-bond acceptors (Lipinski definition) is 4. The highest BCUT2D eigenvalue weighted by Gasteiger charge is 2.21. The molecule has 2 aromatic rings. The third-order valence-corrected chi connectivity index (χ3v) is 3.46. The lowest BCUT2D eigenvalue weighted by Crippen LogP contribution is -2.39. The zero-order chi connectivity index (χ0) is 13.8. The van der Waals surface area contributed by atoms with Crippen LogP contribution in [-0.4, -0.2) is 33.3 Å². The van der Waals surface area contributed by atoms with E-state index in [1.54, 1.807) is 11.0 Å². The lowest BCUT2D eigenvalue weighted by Gasteiger charge is -2.11. The third-order valence-electron chi connectivity index (χ3n) is 3.46. The van der Waals surface area contributed by atoms with E-state index in [-0.39, 0.29) is 11.9 Å². The molecule has 0 saturated carbocycles. The molecule has 6 nitrogen and oxygen atoms in total. The quantitative estimate of drug-likeness (QED) is 0.856.